The molecule has 3 rings (SSSR count). The number of ether oxygens (including phenoxy) is 2. The zero-order chi connectivity index (χ0) is 18.8. The van der Waals surface area contributed by atoms with E-state index in [4.69, 9.17) is 13.9 Å². The second kappa shape index (κ2) is 7.19. The van der Waals surface area contributed by atoms with Crippen LogP contribution in [0.2, 0.25) is 0 Å². The number of hydrogen-bond acceptors (Lipinski definition) is 6. The molecule has 0 aliphatic rings. The van der Waals surface area contributed by atoms with Gasteiger partial charge in [0.15, 0.2) is 16.8 Å². The first kappa shape index (κ1) is 18.0. The van der Waals surface area contributed by atoms with E-state index in [1.54, 1.807) is 19.2 Å². The Morgan fingerprint density at radius 1 is 1.04 bits per heavy atom. The Kier molecular flexibility index (Phi) is 4.97. The van der Waals surface area contributed by atoms with E-state index < -0.39 is 0 Å². The van der Waals surface area contributed by atoms with Gasteiger partial charge in [-0.15, -0.1) is 0 Å². The van der Waals surface area contributed by atoms with Crippen molar-refractivity contribution in [1.29, 1.82) is 0 Å². The SMILES string of the molecule is COc1ccc(-c2cc(=O)c3cc(CO)c(CO)c(OC)c3o2)cc1C. The molecular weight excluding hydrogens is 336 g/mol. The van der Waals surface area contributed by atoms with Crippen LogP contribution in [0.4, 0.5) is 0 Å². The molecule has 0 aliphatic heterocycles. The molecule has 0 saturated carbocycles. The van der Waals surface area contributed by atoms with Crippen LogP contribution < -0.4 is 14.9 Å². The Morgan fingerprint density at radius 2 is 1.81 bits per heavy atom. The Bertz CT molecular complexity index is 1020. The molecule has 0 fully saturated rings. The lowest BCUT2D eigenvalue weighted by atomic mass is 10.0. The highest BCUT2D eigenvalue weighted by Crippen LogP contribution is 2.35. The first-order valence-electron chi connectivity index (χ1n) is 8.07. The molecule has 3 aromatic rings. The average molecular weight is 356 g/mol. The van der Waals surface area contributed by atoms with E-state index >= 15 is 0 Å². The molecule has 1 heterocycles. The summed E-state index contributed by atoms with van der Waals surface area (Å²) >= 11 is 0. The van der Waals surface area contributed by atoms with Gasteiger partial charge >= 0.3 is 0 Å². The minimum absolute atomic E-state index is 0.240. The second-order valence-corrected chi connectivity index (χ2v) is 5.90. The molecule has 6 heteroatoms. The number of benzene rings is 2. The van der Waals surface area contributed by atoms with Gasteiger partial charge in [-0.1, -0.05) is 0 Å². The maximum Gasteiger partial charge on any atom is 0.193 e. The highest BCUT2D eigenvalue weighted by atomic mass is 16.5. The van der Waals surface area contributed by atoms with Gasteiger partial charge in [-0.2, -0.15) is 0 Å². The van der Waals surface area contributed by atoms with E-state index in [0.717, 1.165) is 16.9 Å². The van der Waals surface area contributed by atoms with Gasteiger partial charge in [0.05, 0.1) is 32.8 Å². The van der Waals surface area contributed by atoms with Crippen LogP contribution in [0.1, 0.15) is 16.7 Å². The van der Waals surface area contributed by atoms with Crippen LogP contribution >= 0.6 is 0 Å². The molecule has 1 aromatic heterocycles. The largest absolute Gasteiger partial charge is 0.496 e. The van der Waals surface area contributed by atoms with Crippen molar-refractivity contribution in [3.8, 4) is 22.8 Å². The molecule has 0 atom stereocenters. The maximum absolute atomic E-state index is 12.6. The third-order valence-electron chi connectivity index (χ3n) is 4.38. The summed E-state index contributed by atoms with van der Waals surface area (Å²) < 4.78 is 16.6. The number of aryl methyl sites for hydroxylation is 1. The Labute approximate surface area is 150 Å². The van der Waals surface area contributed by atoms with E-state index in [2.05, 4.69) is 0 Å². The van der Waals surface area contributed by atoms with Crippen molar-refractivity contribution in [1.82, 2.24) is 0 Å². The molecule has 2 aromatic carbocycles. The summed E-state index contributed by atoms with van der Waals surface area (Å²) in [6.07, 6.45) is 0. The smallest absolute Gasteiger partial charge is 0.193 e. The molecule has 0 amide bonds. The molecule has 136 valence electrons. The molecular formula is C20H20O6. The lowest BCUT2D eigenvalue weighted by Gasteiger charge is -2.14. The zero-order valence-electron chi connectivity index (χ0n) is 14.8. The van der Waals surface area contributed by atoms with Crippen molar-refractivity contribution >= 4 is 11.0 Å². The molecule has 0 saturated heterocycles. The molecule has 6 nitrogen and oxygen atoms in total. The van der Waals surface area contributed by atoms with Gasteiger partial charge in [-0.25, -0.2) is 0 Å². The van der Waals surface area contributed by atoms with E-state index in [0.29, 0.717) is 16.9 Å². The fraction of sp³-hybridized carbons (Fsp3) is 0.250. The highest BCUT2D eigenvalue weighted by Gasteiger charge is 2.18. The standard InChI is InChI=1S/C20H20O6/c1-11-6-12(4-5-17(11)24-2)18-8-16(23)14-7-13(9-21)15(10-22)19(25-3)20(14)26-18/h4-8,21-22H,9-10H2,1-3H3. The number of rotatable bonds is 5. The van der Waals surface area contributed by atoms with Crippen LogP contribution in [0.5, 0.6) is 11.5 Å². The van der Waals surface area contributed by atoms with Crippen molar-refractivity contribution < 1.29 is 24.1 Å². The van der Waals surface area contributed by atoms with Crippen LogP contribution in [0.15, 0.2) is 39.5 Å². The van der Waals surface area contributed by atoms with Crippen LogP contribution in [0.25, 0.3) is 22.3 Å². The Hall–Kier alpha value is -2.83. The lowest BCUT2D eigenvalue weighted by Crippen LogP contribution is -2.06. The molecule has 0 spiro atoms. The minimum Gasteiger partial charge on any atom is -0.496 e. The molecule has 0 aliphatic carbocycles. The van der Waals surface area contributed by atoms with E-state index in [9.17, 15) is 15.0 Å². The summed E-state index contributed by atoms with van der Waals surface area (Å²) in [6.45, 7) is 1.24. The third kappa shape index (κ3) is 2.94. The van der Waals surface area contributed by atoms with Gasteiger partial charge in [-0.05, 0) is 42.3 Å². The average Bonchev–Trinajstić information content (AvgIpc) is 2.66. The third-order valence-corrected chi connectivity index (χ3v) is 4.38. The van der Waals surface area contributed by atoms with Crippen LogP contribution in [-0.4, -0.2) is 24.4 Å². The van der Waals surface area contributed by atoms with Gasteiger partial charge in [0.1, 0.15) is 11.5 Å². The summed E-state index contributed by atoms with van der Waals surface area (Å²) in [5, 5.41) is 19.5. The molecule has 0 unspecified atom stereocenters. The number of fused-ring (bicyclic) bond motifs is 1. The summed E-state index contributed by atoms with van der Waals surface area (Å²) in [4.78, 5) is 12.6. The summed E-state index contributed by atoms with van der Waals surface area (Å²) in [6, 6.07) is 8.41. The Morgan fingerprint density at radius 3 is 2.38 bits per heavy atom. The van der Waals surface area contributed by atoms with E-state index in [1.807, 2.05) is 13.0 Å². The van der Waals surface area contributed by atoms with Crippen molar-refractivity contribution in [2.75, 3.05) is 14.2 Å². The number of hydrogen-bond donors (Lipinski definition) is 2. The van der Waals surface area contributed by atoms with Crippen molar-refractivity contribution in [2.45, 2.75) is 20.1 Å². The molecule has 0 bridgehead atoms. The molecule has 0 radical (unpaired) electrons. The van der Waals surface area contributed by atoms with Gasteiger partial charge < -0.3 is 24.1 Å². The quantitative estimate of drug-likeness (QED) is 0.731. The van der Waals surface area contributed by atoms with Crippen molar-refractivity contribution in [3.05, 3.63) is 57.2 Å². The van der Waals surface area contributed by atoms with Crippen LogP contribution in [-0.2, 0) is 13.2 Å². The maximum atomic E-state index is 12.6. The molecule has 2 N–H and O–H groups in total. The monoisotopic (exact) mass is 356 g/mol. The van der Waals surface area contributed by atoms with Crippen LogP contribution in [0.3, 0.4) is 0 Å². The van der Waals surface area contributed by atoms with E-state index in [1.165, 1.54) is 19.2 Å². The normalized spacial score (nSPS) is 11.0. The number of aliphatic hydroxyl groups excluding tert-OH is 2. The highest BCUT2D eigenvalue weighted by molar-refractivity contribution is 5.86. The topological polar surface area (TPSA) is 89.1 Å². The predicted molar refractivity (Wildman–Crippen MR) is 97.6 cm³/mol. The second-order valence-electron chi connectivity index (χ2n) is 5.90. The summed E-state index contributed by atoms with van der Waals surface area (Å²) in [5.74, 6) is 1.37. The van der Waals surface area contributed by atoms with E-state index in [-0.39, 0.29) is 35.4 Å². The summed E-state index contributed by atoms with van der Waals surface area (Å²) in [5.41, 5.74) is 2.44. The van der Waals surface area contributed by atoms with Gasteiger partial charge in [0, 0.05) is 17.2 Å². The minimum atomic E-state index is -0.343. The van der Waals surface area contributed by atoms with Crippen molar-refractivity contribution in [3.63, 3.8) is 0 Å². The zero-order valence-corrected chi connectivity index (χ0v) is 14.8. The summed E-state index contributed by atoms with van der Waals surface area (Å²) in [7, 11) is 3.03. The fourth-order valence-electron chi connectivity index (χ4n) is 3.06. The molecule has 26 heavy (non-hydrogen) atoms. The number of aliphatic hydroxyl groups is 2. The fourth-order valence-corrected chi connectivity index (χ4v) is 3.06. The first-order valence-corrected chi connectivity index (χ1v) is 8.07. The van der Waals surface area contributed by atoms with Crippen molar-refractivity contribution in [2.24, 2.45) is 0 Å². The number of methoxy groups -OCH3 is 2. The Balaban J connectivity index is 2.30. The van der Waals surface area contributed by atoms with Gasteiger partial charge in [-0.3, -0.25) is 4.79 Å². The lowest BCUT2D eigenvalue weighted by molar-refractivity contribution is 0.254. The van der Waals surface area contributed by atoms with Gasteiger partial charge in [0.2, 0.25) is 0 Å². The predicted octanol–water partition coefficient (Wildman–Crippen LogP) is 2.77. The van der Waals surface area contributed by atoms with Gasteiger partial charge in [0.25, 0.3) is 0 Å². The van der Waals surface area contributed by atoms with Crippen LogP contribution in [0, 0.1) is 6.92 Å². The first-order chi connectivity index (χ1) is 12.5.